The van der Waals surface area contributed by atoms with E-state index in [-0.39, 0.29) is 19.2 Å². The average molecular weight is 296 g/mol. The Bertz CT molecular complexity index is 474. The SMILES string of the molecule is C=CCN(CCO)C(=O)NCc1ccc(S(C)=O)cc1. The summed E-state index contributed by atoms with van der Waals surface area (Å²) in [5.41, 5.74) is 0.926. The highest BCUT2D eigenvalue weighted by Crippen LogP contribution is 2.07. The van der Waals surface area contributed by atoms with E-state index in [1.54, 1.807) is 24.5 Å². The van der Waals surface area contributed by atoms with Gasteiger partial charge in [0.15, 0.2) is 0 Å². The number of carbonyl (C=O) groups is 1. The van der Waals surface area contributed by atoms with Gasteiger partial charge in [-0.05, 0) is 17.7 Å². The maximum absolute atomic E-state index is 11.9. The Labute approximate surface area is 121 Å². The molecule has 1 atom stereocenters. The number of nitrogens with one attached hydrogen (secondary N) is 1. The molecule has 2 amide bonds. The molecule has 0 spiro atoms. The first-order chi connectivity index (χ1) is 9.58. The van der Waals surface area contributed by atoms with Crippen LogP contribution in [0.2, 0.25) is 0 Å². The van der Waals surface area contributed by atoms with Gasteiger partial charge in [-0.1, -0.05) is 18.2 Å². The molecule has 0 heterocycles. The number of aliphatic hydroxyl groups excluding tert-OH is 1. The molecule has 0 aromatic heterocycles. The van der Waals surface area contributed by atoms with E-state index in [4.69, 9.17) is 5.11 Å². The van der Waals surface area contributed by atoms with Crippen molar-refractivity contribution in [3.63, 3.8) is 0 Å². The van der Waals surface area contributed by atoms with Crippen LogP contribution in [0.5, 0.6) is 0 Å². The van der Waals surface area contributed by atoms with E-state index in [9.17, 15) is 9.00 Å². The summed E-state index contributed by atoms with van der Waals surface area (Å²) in [5, 5.41) is 11.7. The standard InChI is InChI=1S/C14H20N2O3S/c1-3-8-16(9-10-17)14(18)15-11-12-4-6-13(7-5-12)20(2)19/h3-7,17H,1,8-11H2,2H3,(H,15,18). The number of aliphatic hydroxyl groups is 1. The van der Waals surface area contributed by atoms with Crippen LogP contribution >= 0.6 is 0 Å². The smallest absolute Gasteiger partial charge is 0.318 e. The van der Waals surface area contributed by atoms with E-state index < -0.39 is 10.8 Å². The lowest BCUT2D eigenvalue weighted by Gasteiger charge is -2.20. The lowest BCUT2D eigenvalue weighted by Crippen LogP contribution is -2.41. The zero-order valence-electron chi connectivity index (χ0n) is 11.5. The minimum atomic E-state index is -0.997. The Morgan fingerprint density at radius 1 is 1.45 bits per heavy atom. The summed E-state index contributed by atoms with van der Waals surface area (Å²) >= 11 is 0. The third-order valence-electron chi connectivity index (χ3n) is 2.71. The van der Waals surface area contributed by atoms with Gasteiger partial charge in [-0.15, -0.1) is 6.58 Å². The van der Waals surface area contributed by atoms with Crippen molar-refractivity contribution >= 4 is 16.8 Å². The van der Waals surface area contributed by atoms with Gasteiger partial charge in [0, 0.05) is 41.6 Å². The number of nitrogens with zero attached hydrogens (tertiary/aromatic N) is 1. The Hall–Kier alpha value is -1.66. The van der Waals surface area contributed by atoms with Gasteiger partial charge in [0.25, 0.3) is 0 Å². The first kappa shape index (κ1) is 16.4. The van der Waals surface area contributed by atoms with Gasteiger partial charge in [0.05, 0.1) is 6.61 Å². The van der Waals surface area contributed by atoms with Crippen LogP contribution in [-0.4, -0.2) is 46.2 Å². The molecule has 0 saturated heterocycles. The molecule has 2 N–H and O–H groups in total. The van der Waals surface area contributed by atoms with Gasteiger partial charge >= 0.3 is 6.03 Å². The fraction of sp³-hybridized carbons (Fsp3) is 0.357. The number of amides is 2. The Kier molecular flexibility index (Phi) is 6.97. The number of carbonyl (C=O) groups excluding carboxylic acids is 1. The fourth-order valence-corrected chi connectivity index (χ4v) is 2.16. The van der Waals surface area contributed by atoms with Crippen molar-refractivity contribution in [1.29, 1.82) is 0 Å². The van der Waals surface area contributed by atoms with Crippen LogP contribution in [0.3, 0.4) is 0 Å². The average Bonchev–Trinajstić information content (AvgIpc) is 2.45. The molecule has 1 unspecified atom stereocenters. The molecule has 20 heavy (non-hydrogen) atoms. The lowest BCUT2D eigenvalue weighted by atomic mass is 10.2. The van der Waals surface area contributed by atoms with Crippen molar-refractivity contribution < 1.29 is 14.1 Å². The monoisotopic (exact) mass is 296 g/mol. The predicted octanol–water partition coefficient (Wildman–Crippen LogP) is 1.11. The summed E-state index contributed by atoms with van der Waals surface area (Å²) in [7, 11) is -0.997. The molecular formula is C14H20N2O3S. The Morgan fingerprint density at radius 2 is 2.10 bits per heavy atom. The number of rotatable bonds is 7. The summed E-state index contributed by atoms with van der Waals surface area (Å²) in [6.45, 7) is 4.53. The van der Waals surface area contributed by atoms with Crippen LogP contribution in [0.25, 0.3) is 0 Å². The second-order valence-electron chi connectivity index (χ2n) is 4.22. The molecule has 1 aromatic carbocycles. The van der Waals surface area contributed by atoms with Gasteiger partial charge in [0.1, 0.15) is 0 Å². The maximum atomic E-state index is 11.9. The van der Waals surface area contributed by atoms with Gasteiger partial charge in [0.2, 0.25) is 0 Å². The molecule has 6 heteroatoms. The van der Waals surface area contributed by atoms with Gasteiger partial charge in [-0.25, -0.2) is 4.79 Å². The van der Waals surface area contributed by atoms with Crippen LogP contribution in [0.15, 0.2) is 41.8 Å². The van der Waals surface area contributed by atoms with Crippen molar-refractivity contribution in [2.75, 3.05) is 26.0 Å². The van der Waals surface area contributed by atoms with Crippen molar-refractivity contribution in [3.8, 4) is 0 Å². The van der Waals surface area contributed by atoms with Gasteiger partial charge < -0.3 is 15.3 Å². The molecule has 1 rings (SSSR count). The number of hydrogen-bond donors (Lipinski definition) is 2. The second-order valence-corrected chi connectivity index (χ2v) is 5.59. The molecule has 0 aliphatic heterocycles. The molecule has 0 radical (unpaired) electrons. The van der Waals surface area contributed by atoms with E-state index >= 15 is 0 Å². The second kappa shape index (κ2) is 8.50. The number of hydrogen-bond acceptors (Lipinski definition) is 3. The molecular weight excluding hydrogens is 276 g/mol. The molecule has 0 bridgehead atoms. The summed E-state index contributed by atoms with van der Waals surface area (Å²) in [5.74, 6) is 0. The fourth-order valence-electron chi connectivity index (χ4n) is 1.64. The molecule has 5 nitrogen and oxygen atoms in total. The van der Waals surface area contributed by atoms with Crippen LogP contribution in [0, 0.1) is 0 Å². The predicted molar refractivity (Wildman–Crippen MR) is 79.9 cm³/mol. The van der Waals surface area contributed by atoms with E-state index in [2.05, 4.69) is 11.9 Å². The highest BCUT2D eigenvalue weighted by molar-refractivity contribution is 7.84. The zero-order valence-corrected chi connectivity index (χ0v) is 12.4. The van der Waals surface area contributed by atoms with E-state index in [1.165, 1.54) is 4.90 Å². The summed E-state index contributed by atoms with van der Waals surface area (Å²) in [6.07, 6.45) is 3.24. The van der Waals surface area contributed by atoms with E-state index in [0.29, 0.717) is 13.1 Å². The number of benzene rings is 1. The van der Waals surface area contributed by atoms with E-state index in [1.807, 2.05) is 12.1 Å². The number of urea groups is 1. The highest BCUT2D eigenvalue weighted by Gasteiger charge is 2.10. The molecule has 0 saturated carbocycles. The van der Waals surface area contributed by atoms with Crippen LogP contribution < -0.4 is 5.32 Å². The van der Waals surface area contributed by atoms with Crippen LogP contribution in [0.1, 0.15) is 5.56 Å². The largest absolute Gasteiger partial charge is 0.395 e. The minimum Gasteiger partial charge on any atom is -0.395 e. The molecule has 0 fully saturated rings. The first-order valence-electron chi connectivity index (χ1n) is 6.25. The molecule has 0 aliphatic carbocycles. The van der Waals surface area contributed by atoms with Crippen LogP contribution in [-0.2, 0) is 17.3 Å². The third kappa shape index (κ3) is 5.14. The molecule has 1 aromatic rings. The van der Waals surface area contributed by atoms with Crippen molar-refractivity contribution in [1.82, 2.24) is 10.2 Å². The summed E-state index contributed by atoms with van der Waals surface area (Å²) in [4.78, 5) is 14.1. The van der Waals surface area contributed by atoms with Crippen molar-refractivity contribution in [2.45, 2.75) is 11.4 Å². The van der Waals surface area contributed by atoms with Crippen molar-refractivity contribution in [3.05, 3.63) is 42.5 Å². The van der Waals surface area contributed by atoms with E-state index in [0.717, 1.165) is 10.5 Å². The first-order valence-corrected chi connectivity index (χ1v) is 7.81. The topological polar surface area (TPSA) is 69.6 Å². The highest BCUT2D eigenvalue weighted by atomic mass is 32.2. The van der Waals surface area contributed by atoms with Crippen LogP contribution in [0.4, 0.5) is 4.79 Å². The van der Waals surface area contributed by atoms with Gasteiger partial charge in [-0.2, -0.15) is 0 Å². The molecule has 110 valence electrons. The van der Waals surface area contributed by atoms with Crippen molar-refractivity contribution in [2.24, 2.45) is 0 Å². The lowest BCUT2D eigenvalue weighted by molar-refractivity contribution is 0.183. The quantitative estimate of drug-likeness (QED) is 0.741. The zero-order chi connectivity index (χ0) is 15.0. The third-order valence-corrected chi connectivity index (χ3v) is 3.64. The summed E-state index contributed by atoms with van der Waals surface area (Å²) in [6, 6.07) is 6.99. The maximum Gasteiger partial charge on any atom is 0.318 e. The Morgan fingerprint density at radius 3 is 2.60 bits per heavy atom. The van der Waals surface area contributed by atoms with Gasteiger partial charge in [-0.3, -0.25) is 4.21 Å². The normalized spacial score (nSPS) is 11.7. The molecule has 0 aliphatic rings. The minimum absolute atomic E-state index is 0.0850. The summed E-state index contributed by atoms with van der Waals surface area (Å²) < 4.78 is 11.3. The Balaban J connectivity index is 2.54.